The van der Waals surface area contributed by atoms with Crippen LogP contribution in [0, 0.1) is 11.8 Å². The van der Waals surface area contributed by atoms with Gasteiger partial charge in [-0.1, -0.05) is 32.1 Å². The summed E-state index contributed by atoms with van der Waals surface area (Å²) in [4.78, 5) is 11.1. The molecule has 0 aromatic carbocycles. The van der Waals surface area contributed by atoms with Crippen molar-refractivity contribution in [1.29, 1.82) is 0 Å². The molecule has 3 nitrogen and oxygen atoms in total. The molecule has 2 saturated carbocycles. The SMILES string of the molecule is O=C(O)C(CC1CCCCC1)NCC1CC1. The predicted molar refractivity (Wildman–Crippen MR) is 63.3 cm³/mol. The van der Waals surface area contributed by atoms with Crippen LogP contribution in [0.2, 0.25) is 0 Å². The largest absolute Gasteiger partial charge is 0.480 e. The van der Waals surface area contributed by atoms with Crippen LogP contribution in [0.3, 0.4) is 0 Å². The summed E-state index contributed by atoms with van der Waals surface area (Å²) in [5.41, 5.74) is 0. The molecule has 0 bridgehead atoms. The quantitative estimate of drug-likeness (QED) is 0.730. The minimum Gasteiger partial charge on any atom is -0.480 e. The number of hydrogen-bond acceptors (Lipinski definition) is 2. The van der Waals surface area contributed by atoms with Crippen LogP contribution in [0.15, 0.2) is 0 Å². The molecule has 2 fully saturated rings. The lowest BCUT2D eigenvalue weighted by Gasteiger charge is -2.25. The first-order valence-electron chi connectivity index (χ1n) is 6.72. The average Bonchev–Trinajstić information content (AvgIpc) is 3.09. The van der Waals surface area contributed by atoms with Gasteiger partial charge in [-0.25, -0.2) is 0 Å². The van der Waals surface area contributed by atoms with Crippen LogP contribution in [-0.4, -0.2) is 23.7 Å². The van der Waals surface area contributed by atoms with Crippen molar-refractivity contribution >= 4 is 5.97 Å². The lowest BCUT2D eigenvalue weighted by molar-refractivity contribution is -0.140. The van der Waals surface area contributed by atoms with Gasteiger partial charge in [0.1, 0.15) is 6.04 Å². The predicted octanol–water partition coefficient (Wildman–Crippen LogP) is 2.41. The number of carbonyl (C=O) groups is 1. The van der Waals surface area contributed by atoms with Crippen LogP contribution in [0.5, 0.6) is 0 Å². The van der Waals surface area contributed by atoms with E-state index in [0.29, 0.717) is 5.92 Å². The Labute approximate surface area is 97.6 Å². The van der Waals surface area contributed by atoms with E-state index in [9.17, 15) is 9.90 Å². The van der Waals surface area contributed by atoms with Gasteiger partial charge < -0.3 is 10.4 Å². The van der Waals surface area contributed by atoms with Gasteiger partial charge in [-0.3, -0.25) is 4.79 Å². The van der Waals surface area contributed by atoms with E-state index in [4.69, 9.17) is 0 Å². The highest BCUT2D eigenvalue weighted by Gasteiger charge is 2.27. The summed E-state index contributed by atoms with van der Waals surface area (Å²) in [5.74, 6) is 0.737. The number of rotatable bonds is 6. The molecule has 0 aromatic rings. The summed E-state index contributed by atoms with van der Waals surface area (Å²) < 4.78 is 0. The summed E-state index contributed by atoms with van der Waals surface area (Å²) in [6, 6.07) is -0.302. The van der Waals surface area contributed by atoms with E-state index in [-0.39, 0.29) is 6.04 Å². The molecule has 0 spiro atoms. The lowest BCUT2D eigenvalue weighted by atomic mass is 9.85. The van der Waals surface area contributed by atoms with Crippen LogP contribution in [0.25, 0.3) is 0 Å². The maximum absolute atomic E-state index is 11.1. The highest BCUT2D eigenvalue weighted by Crippen LogP contribution is 2.29. The molecule has 2 aliphatic rings. The molecular formula is C13H23NO2. The standard InChI is InChI=1S/C13H23NO2/c15-13(16)12(14-9-11-6-7-11)8-10-4-2-1-3-5-10/h10-12,14H,1-9H2,(H,15,16). The molecule has 0 aromatic heterocycles. The highest BCUT2D eigenvalue weighted by atomic mass is 16.4. The van der Waals surface area contributed by atoms with E-state index < -0.39 is 5.97 Å². The fourth-order valence-electron chi connectivity index (χ4n) is 2.66. The third-order valence-corrected chi connectivity index (χ3v) is 3.94. The lowest BCUT2D eigenvalue weighted by Crippen LogP contribution is -2.39. The Hall–Kier alpha value is -0.570. The zero-order valence-corrected chi connectivity index (χ0v) is 9.95. The molecule has 3 heteroatoms. The Bertz CT molecular complexity index is 232. The average molecular weight is 225 g/mol. The maximum atomic E-state index is 11.1. The van der Waals surface area contributed by atoms with Gasteiger partial charge in [0.25, 0.3) is 0 Å². The Morgan fingerprint density at radius 2 is 1.81 bits per heavy atom. The zero-order valence-electron chi connectivity index (χ0n) is 9.95. The van der Waals surface area contributed by atoms with Crippen molar-refractivity contribution < 1.29 is 9.90 Å². The van der Waals surface area contributed by atoms with E-state index in [0.717, 1.165) is 18.9 Å². The normalized spacial score (nSPS) is 24.2. The third kappa shape index (κ3) is 3.78. The molecule has 2 rings (SSSR count). The first-order chi connectivity index (χ1) is 7.75. The first-order valence-corrected chi connectivity index (χ1v) is 6.72. The van der Waals surface area contributed by atoms with Crippen molar-refractivity contribution in [3.63, 3.8) is 0 Å². The van der Waals surface area contributed by atoms with Gasteiger partial charge in [-0.15, -0.1) is 0 Å². The van der Waals surface area contributed by atoms with Gasteiger partial charge in [0.15, 0.2) is 0 Å². The van der Waals surface area contributed by atoms with E-state index in [1.165, 1.54) is 44.9 Å². The minimum atomic E-state index is -0.661. The number of nitrogens with one attached hydrogen (secondary N) is 1. The minimum absolute atomic E-state index is 0.302. The van der Waals surface area contributed by atoms with Crippen LogP contribution in [-0.2, 0) is 4.79 Å². The van der Waals surface area contributed by atoms with E-state index in [2.05, 4.69) is 5.32 Å². The molecule has 0 amide bonds. The fraction of sp³-hybridized carbons (Fsp3) is 0.923. The van der Waals surface area contributed by atoms with Gasteiger partial charge in [-0.2, -0.15) is 0 Å². The van der Waals surface area contributed by atoms with Gasteiger partial charge in [0.2, 0.25) is 0 Å². The highest BCUT2D eigenvalue weighted by molar-refractivity contribution is 5.73. The number of hydrogen-bond donors (Lipinski definition) is 2. The zero-order chi connectivity index (χ0) is 11.4. The summed E-state index contributed by atoms with van der Waals surface area (Å²) >= 11 is 0. The van der Waals surface area contributed by atoms with E-state index in [1.54, 1.807) is 0 Å². The van der Waals surface area contributed by atoms with Gasteiger partial charge in [-0.05, 0) is 37.6 Å². The van der Waals surface area contributed by atoms with Crippen LogP contribution in [0.4, 0.5) is 0 Å². The van der Waals surface area contributed by atoms with Gasteiger partial charge in [0.05, 0.1) is 0 Å². The van der Waals surface area contributed by atoms with Crippen LogP contribution >= 0.6 is 0 Å². The fourth-order valence-corrected chi connectivity index (χ4v) is 2.66. The Morgan fingerprint density at radius 3 is 2.38 bits per heavy atom. The molecule has 1 atom stereocenters. The molecular weight excluding hydrogens is 202 g/mol. The van der Waals surface area contributed by atoms with Gasteiger partial charge >= 0.3 is 5.97 Å². The van der Waals surface area contributed by atoms with E-state index >= 15 is 0 Å². The molecule has 0 heterocycles. The molecule has 2 aliphatic carbocycles. The molecule has 0 saturated heterocycles. The van der Waals surface area contributed by atoms with E-state index in [1.807, 2.05) is 0 Å². The second-order valence-corrected chi connectivity index (χ2v) is 5.48. The van der Waals surface area contributed by atoms with Crippen molar-refractivity contribution in [2.24, 2.45) is 11.8 Å². The molecule has 0 radical (unpaired) electrons. The molecule has 92 valence electrons. The van der Waals surface area contributed by atoms with Gasteiger partial charge in [0, 0.05) is 0 Å². The summed E-state index contributed by atoms with van der Waals surface area (Å²) in [6.07, 6.45) is 9.78. The van der Waals surface area contributed by atoms with Crippen molar-refractivity contribution in [2.75, 3.05) is 6.54 Å². The Balaban J connectivity index is 1.73. The summed E-state index contributed by atoms with van der Waals surface area (Å²) in [7, 11) is 0. The number of carboxylic acids is 1. The second kappa shape index (κ2) is 5.67. The molecule has 0 aliphatic heterocycles. The van der Waals surface area contributed by atoms with Crippen LogP contribution in [0.1, 0.15) is 51.4 Å². The van der Waals surface area contributed by atoms with Crippen molar-refractivity contribution in [3.05, 3.63) is 0 Å². The van der Waals surface area contributed by atoms with Crippen LogP contribution < -0.4 is 5.32 Å². The molecule has 2 N–H and O–H groups in total. The summed E-state index contributed by atoms with van der Waals surface area (Å²) in [6.45, 7) is 0.906. The van der Waals surface area contributed by atoms with Crippen molar-refractivity contribution in [3.8, 4) is 0 Å². The smallest absolute Gasteiger partial charge is 0.320 e. The van der Waals surface area contributed by atoms with Crippen molar-refractivity contribution in [2.45, 2.75) is 57.4 Å². The second-order valence-electron chi connectivity index (χ2n) is 5.48. The maximum Gasteiger partial charge on any atom is 0.320 e. The number of carboxylic acid groups (broad SMARTS) is 1. The monoisotopic (exact) mass is 225 g/mol. The molecule has 16 heavy (non-hydrogen) atoms. The third-order valence-electron chi connectivity index (χ3n) is 3.94. The van der Waals surface area contributed by atoms with Crippen molar-refractivity contribution in [1.82, 2.24) is 5.32 Å². The summed E-state index contributed by atoms with van der Waals surface area (Å²) in [5, 5.41) is 12.4. The molecule has 1 unspecified atom stereocenters. The number of aliphatic carboxylic acids is 1. The topological polar surface area (TPSA) is 49.3 Å². The Kier molecular flexibility index (Phi) is 4.22. The first kappa shape index (κ1) is 11.9. The Morgan fingerprint density at radius 1 is 1.12 bits per heavy atom.